The zero-order valence-corrected chi connectivity index (χ0v) is 7.99. The third-order valence-corrected chi connectivity index (χ3v) is 3.46. The molecule has 0 rings (SSSR count). The van der Waals surface area contributed by atoms with Gasteiger partial charge in [-0.15, -0.1) is 8.46 Å². The summed E-state index contributed by atoms with van der Waals surface area (Å²) in [5, 5.41) is 1.14. The van der Waals surface area contributed by atoms with Gasteiger partial charge in [0.2, 0.25) is 4.86 Å². The lowest BCUT2D eigenvalue weighted by Crippen LogP contribution is -1.73. The summed E-state index contributed by atoms with van der Waals surface area (Å²) in [4.78, 5) is 2.18. The van der Waals surface area contributed by atoms with Crippen molar-refractivity contribution in [3.05, 3.63) is 0 Å². The number of rotatable bonds is 3. The fraction of sp³-hybridized carbons (Fsp3) is 1.00. The van der Waals surface area contributed by atoms with Crippen molar-refractivity contribution in [1.29, 1.82) is 0 Å². The lowest BCUT2D eigenvalue weighted by atomic mass is 10.7. The van der Waals surface area contributed by atoms with Crippen molar-refractivity contribution in [3.63, 3.8) is 0 Å². The van der Waals surface area contributed by atoms with E-state index in [0.717, 1.165) is 13.8 Å². The molecule has 1 atom stereocenters. The van der Waals surface area contributed by atoms with Gasteiger partial charge >= 0.3 is 0 Å². The van der Waals surface area contributed by atoms with Gasteiger partial charge < -0.3 is 0 Å². The molecule has 0 aliphatic heterocycles. The Morgan fingerprint density at radius 3 is 2.67 bits per heavy atom. The summed E-state index contributed by atoms with van der Waals surface area (Å²) < 4.78 is 0. The first-order chi connectivity index (χ1) is 2.91. The van der Waals surface area contributed by atoms with Crippen LogP contribution in [-0.2, 0) is 0 Å². The van der Waals surface area contributed by atoms with E-state index in [0.29, 0.717) is 0 Å². The van der Waals surface area contributed by atoms with Crippen molar-refractivity contribution >= 4 is 51.6 Å². The molecular weight excluding hydrogens is 273 g/mol. The summed E-state index contributed by atoms with van der Waals surface area (Å²) in [5.74, 6) is 0. The van der Waals surface area contributed by atoms with Crippen molar-refractivity contribution in [2.75, 3.05) is 11.5 Å². The maximum absolute atomic E-state index is 3.33. The summed E-state index contributed by atoms with van der Waals surface area (Å²) >= 11 is 5.61. The Morgan fingerprint density at radius 1 is 1.83 bits per heavy atom. The minimum atomic E-state index is 1.03. The van der Waals surface area contributed by atoms with Gasteiger partial charge in [-0.2, -0.15) is 22.4 Å². The molecule has 0 saturated heterocycles. The first kappa shape index (κ1) is 7.70. The van der Waals surface area contributed by atoms with Gasteiger partial charge in [0.1, 0.15) is 0 Å². The van der Waals surface area contributed by atoms with Crippen LogP contribution >= 0.6 is 46.8 Å². The Bertz CT molecular complexity index is 25.5. The Kier molecular flexibility index (Phi) is 8.61. The maximum atomic E-state index is 3.33. The molecule has 1 unspecified atom stereocenters. The van der Waals surface area contributed by atoms with Crippen molar-refractivity contribution in [2.45, 2.75) is 0 Å². The summed E-state index contributed by atoms with van der Waals surface area (Å²) in [6, 6.07) is 0. The van der Waals surface area contributed by atoms with Crippen molar-refractivity contribution in [1.82, 2.24) is 0 Å². The Labute approximate surface area is 62.8 Å². The van der Waals surface area contributed by atoms with Crippen LogP contribution in [0.15, 0.2) is 0 Å². The van der Waals surface area contributed by atoms with Crippen LogP contribution in [0.5, 0.6) is 0 Å². The summed E-state index contributed by atoms with van der Waals surface area (Å²) in [5.41, 5.74) is 0. The molecule has 0 bridgehead atoms. The van der Waals surface area contributed by atoms with Gasteiger partial charge in [-0.3, -0.25) is 0 Å². The predicted molar refractivity (Wildman–Crippen MR) is 46.8 cm³/mol. The molecular formula is C2H5BBrIP. The molecule has 0 aliphatic rings. The standard InChI is InChI=1S/C2H5BBrIP/c4-1-2-6-3-5/h6H,1-2H2. The molecule has 0 aromatic rings. The molecule has 0 nitrogen and oxygen atoms in total. The quantitative estimate of drug-likeness (QED) is 0.243. The monoisotopic (exact) mass is 277 g/mol. The third-order valence-electron chi connectivity index (χ3n) is 0.316. The smallest absolute Gasteiger partial charge is 0.152 e. The molecule has 4 heteroatoms. The minimum absolute atomic E-state index is 1.03. The fourth-order valence-electron chi connectivity index (χ4n) is 0.109. The van der Waals surface area contributed by atoms with E-state index >= 15 is 0 Å². The van der Waals surface area contributed by atoms with Crippen molar-refractivity contribution in [2.24, 2.45) is 0 Å². The molecule has 0 fully saturated rings. The molecule has 0 saturated carbocycles. The van der Waals surface area contributed by atoms with E-state index in [1.165, 1.54) is 6.16 Å². The topological polar surface area (TPSA) is 0 Å². The lowest BCUT2D eigenvalue weighted by Gasteiger charge is -1.83. The molecule has 0 aromatic heterocycles. The zero-order valence-electron chi connectivity index (χ0n) is 3.25. The third kappa shape index (κ3) is 5.70. The minimum Gasteiger partial charge on any atom is -0.152 e. The lowest BCUT2D eigenvalue weighted by molar-refractivity contribution is 1.59. The summed E-state index contributed by atoms with van der Waals surface area (Å²) in [7, 11) is 1.03. The largest absolute Gasteiger partial charge is 0.230 e. The first-order valence-electron chi connectivity index (χ1n) is 1.63. The van der Waals surface area contributed by atoms with Crippen LogP contribution in [0.2, 0.25) is 0 Å². The van der Waals surface area contributed by atoms with E-state index in [4.69, 9.17) is 0 Å². The van der Waals surface area contributed by atoms with Crippen LogP contribution in [-0.4, -0.2) is 16.3 Å². The molecule has 6 heavy (non-hydrogen) atoms. The van der Waals surface area contributed by atoms with E-state index in [9.17, 15) is 0 Å². The Balaban J connectivity index is 2.34. The van der Waals surface area contributed by atoms with Gasteiger partial charge in [-0.25, -0.2) is 0 Å². The first-order valence-corrected chi connectivity index (χ1v) is 5.28. The molecule has 0 heterocycles. The maximum Gasteiger partial charge on any atom is 0.230 e. The Morgan fingerprint density at radius 2 is 2.50 bits per heavy atom. The van der Waals surface area contributed by atoms with Crippen LogP contribution in [0.25, 0.3) is 0 Å². The van der Waals surface area contributed by atoms with Gasteiger partial charge in [0.05, 0.1) is 0 Å². The number of alkyl halides is 1. The number of hydrogen-bond donors (Lipinski definition) is 0. The van der Waals surface area contributed by atoms with Crippen LogP contribution < -0.4 is 0 Å². The summed E-state index contributed by atoms with van der Waals surface area (Å²) in [6.07, 6.45) is 1.29. The SMILES string of the molecule is BrCCP[B]I. The van der Waals surface area contributed by atoms with Gasteiger partial charge in [0.25, 0.3) is 0 Å². The predicted octanol–water partition coefficient (Wildman–Crippen LogP) is 2.03. The van der Waals surface area contributed by atoms with Crippen LogP contribution in [0, 0.1) is 0 Å². The molecule has 0 amide bonds. The second-order valence-corrected chi connectivity index (χ2v) is 4.54. The van der Waals surface area contributed by atoms with Crippen molar-refractivity contribution < 1.29 is 0 Å². The second-order valence-electron chi connectivity index (χ2n) is 0.752. The van der Waals surface area contributed by atoms with E-state index in [1.807, 2.05) is 0 Å². The van der Waals surface area contributed by atoms with Crippen LogP contribution in [0.4, 0.5) is 0 Å². The number of halogens is 2. The molecule has 0 aliphatic carbocycles. The van der Waals surface area contributed by atoms with Gasteiger partial charge in [-0.05, 0) is 6.16 Å². The van der Waals surface area contributed by atoms with E-state index in [2.05, 4.69) is 43.2 Å². The molecule has 1 radical (unpaired) electrons. The molecule has 35 valence electrons. The Hall–Kier alpha value is 1.70. The highest BCUT2D eigenvalue weighted by molar-refractivity contribution is 14.1. The van der Waals surface area contributed by atoms with E-state index in [1.54, 1.807) is 0 Å². The average molecular weight is 278 g/mol. The highest BCUT2D eigenvalue weighted by atomic mass is 127. The van der Waals surface area contributed by atoms with Crippen LogP contribution in [0.3, 0.4) is 0 Å². The molecule has 0 N–H and O–H groups in total. The van der Waals surface area contributed by atoms with E-state index in [-0.39, 0.29) is 0 Å². The molecule has 0 aromatic carbocycles. The van der Waals surface area contributed by atoms with E-state index < -0.39 is 0 Å². The number of hydrogen-bond acceptors (Lipinski definition) is 0. The summed E-state index contributed by atoms with van der Waals surface area (Å²) in [6.45, 7) is 0. The normalized spacial score (nSPS) is 10.3. The zero-order chi connectivity index (χ0) is 4.83. The van der Waals surface area contributed by atoms with Gasteiger partial charge in [0, 0.05) is 5.33 Å². The average Bonchev–Trinajstić information content (AvgIpc) is 1.61. The second kappa shape index (κ2) is 6.70. The van der Waals surface area contributed by atoms with Gasteiger partial charge in [-0.1, -0.05) is 15.9 Å². The molecule has 0 spiro atoms. The van der Waals surface area contributed by atoms with Gasteiger partial charge in [0.15, 0.2) is 0 Å². The fourth-order valence-corrected chi connectivity index (χ4v) is 1.95. The van der Waals surface area contributed by atoms with Crippen molar-refractivity contribution in [3.8, 4) is 0 Å². The highest BCUT2D eigenvalue weighted by Gasteiger charge is 1.79. The highest BCUT2D eigenvalue weighted by Crippen LogP contribution is 2.09. The van der Waals surface area contributed by atoms with Crippen LogP contribution in [0.1, 0.15) is 0 Å².